The van der Waals surface area contributed by atoms with Gasteiger partial charge in [-0.2, -0.15) is 0 Å². The third-order valence-corrected chi connectivity index (χ3v) is 6.50. The van der Waals surface area contributed by atoms with Crippen molar-refractivity contribution in [2.75, 3.05) is 18.8 Å². The molecule has 0 unspecified atom stereocenters. The van der Waals surface area contributed by atoms with Gasteiger partial charge in [0.1, 0.15) is 5.75 Å². The van der Waals surface area contributed by atoms with Gasteiger partial charge in [0.2, 0.25) is 10.0 Å². The molecule has 1 aliphatic rings. The minimum Gasteiger partial charge on any atom is -0.426 e. The summed E-state index contributed by atoms with van der Waals surface area (Å²) in [5, 5.41) is 0. The molecule has 0 saturated carbocycles. The number of ether oxygens (including phenoxy) is 1. The Kier molecular flexibility index (Phi) is 5.47. The van der Waals surface area contributed by atoms with Crippen LogP contribution in [0.3, 0.4) is 0 Å². The number of carbonyl (C=O) groups excluding carboxylic acids is 1. The number of sulfonamides is 1. The Morgan fingerprint density at radius 2 is 1.74 bits per heavy atom. The van der Waals surface area contributed by atoms with Crippen LogP contribution in [-0.2, 0) is 14.8 Å². The molecular formula is C17H25NO4S. The highest BCUT2D eigenvalue weighted by molar-refractivity contribution is 7.89. The fraction of sp³-hybridized carbons (Fsp3) is 0.588. The molecule has 0 aliphatic carbocycles. The minimum atomic E-state index is -3.17. The van der Waals surface area contributed by atoms with E-state index in [0.29, 0.717) is 31.7 Å². The first kappa shape index (κ1) is 17.9. The second-order valence-corrected chi connectivity index (χ2v) is 8.41. The van der Waals surface area contributed by atoms with Crippen molar-refractivity contribution in [1.82, 2.24) is 4.31 Å². The zero-order valence-electron chi connectivity index (χ0n) is 14.3. The van der Waals surface area contributed by atoms with E-state index in [-0.39, 0.29) is 17.6 Å². The van der Waals surface area contributed by atoms with Crippen LogP contribution in [0.5, 0.6) is 5.75 Å². The predicted octanol–water partition coefficient (Wildman–Crippen LogP) is 2.58. The maximum absolute atomic E-state index is 12.4. The Labute approximate surface area is 138 Å². The SMILES string of the molecule is CCS(=O)(=O)N1CCC(C(=O)Oc2c(C)ccc(C)c2C)CC1. The molecule has 1 fully saturated rings. The van der Waals surface area contributed by atoms with Crippen molar-refractivity contribution < 1.29 is 17.9 Å². The average Bonchev–Trinajstić information content (AvgIpc) is 2.55. The molecule has 1 heterocycles. The van der Waals surface area contributed by atoms with Gasteiger partial charge in [0.25, 0.3) is 0 Å². The number of rotatable bonds is 4. The number of esters is 1. The summed E-state index contributed by atoms with van der Waals surface area (Å²) in [6.45, 7) is 8.27. The number of benzene rings is 1. The number of carbonyl (C=O) groups is 1. The van der Waals surface area contributed by atoms with Crippen LogP contribution in [0.15, 0.2) is 12.1 Å². The highest BCUT2D eigenvalue weighted by Gasteiger charge is 2.31. The molecule has 23 heavy (non-hydrogen) atoms. The van der Waals surface area contributed by atoms with Gasteiger partial charge in [-0.15, -0.1) is 0 Å². The van der Waals surface area contributed by atoms with Gasteiger partial charge >= 0.3 is 5.97 Å². The van der Waals surface area contributed by atoms with Crippen molar-refractivity contribution in [3.05, 3.63) is 28.8 Å². The lowest BCUT2D eigenvalue weighted by Crippen LogP contribution is -2.41. The molecule has 1 aromatic rings. The van der Waals surface area contributed by atoms with E-state index in [0.717, 1.165) is 16.7 Å². The zero-order valence-corrected chi connectivity index (χ0v) is 15.1. The fourth-order valence-corrected chi connectivity index (χ4v) is 3.95. The molecule has 1 aliphatic heterocycles. The van der Waals surface area contributed by atoms with Crippen LogP contribution in [0.1, 0.15) is 36.5 Å². The summed E-state index contributed by atoms with van der Waals surface area (Å²) < 4.78 is 30.8. The Hall–Kier alpha value is -1.40. The molecule has 0 amide bonds. The van der Waals surface area contributed by atoms with E-state index >= 15 is 0 Å². The summed E-state index contributed by atoms with van der Waals surface area (Å²) >= 11 is 0. The van der Waals surface area contributed by atoms with Gasteiger partial charge in [0, 0.05) is 13.1 Å². The number of piperidine rings is 1. The fourth-order valence-electron chi connectivity index (χ4n) is 2.82. The van der Waals surface area contributed by atoms with Crippen LogP contribution < -0.4 is 4.74 Å². The monoisotopic (exact) mass is 339 g/mol. The molecule has 0 aromatic heterocycles. The quantitative estimate of drug-likeness (QED) is 0.625. The van der Waals surface area contributed by atoms with E-state index in [4.69, 9.17) is 4.74 Å². The summed E-state index contributed by atoms with van der Waals surface area (Å²) in [6, 6.07) is 3.96. The maximum atomic E-state index is 12.4. The molecule has 1 aromatic carbocycles. The van der Waals surface area contributed by atoms with Gasteiger partial charge in [-0.05, 0) is 57.2 Å². The zero-order chi connectivity index (χ0) is 17.2. The second-order valence-electron chi connectivity index (χ2n) is 6.15. The molecule has 5 nitrogen and oxygen atoms in total. The van der Waals surface area contributed by atoms with Crippen molar-refractivity contribution >= 4 is 16.0 Å². The van der Waals surface area contributed by atoms with Gasteiger partial charge < -0.3 is 4.74 Å². The molecule has 0 N–H and O–H groups in total. The van der Waals surface area contributed by atoms with Crippen LogP contribution in [0, 0.1) is 26.7 Å². The highest BCUT2D eigenvalue weighted by atomic mass is 32.2. The van der Waals surface area contributed by atoms with Gasteiger partial charge in [-0.25, -0.2) is 12.7 Å². The van der Waals surface area contributed by atoms with Gasteiger partial charge in [-0.1, -0.05) is 12.1 Å². The highest BCUT2D eigenvalue weighted by Crippen LogP contribution is 2.28. The van der Waals surface area contributed by atoms with E-state index in [1.165, 1.54) is 4.31 Å². The lowest BCUT2D eigenvalue weighted by atomic mass is 9.98. The minimum absolute atomic E-state index is 0.101. The Bertz CT molecular complexity index is 689. The molecule has 0 spiro atoms. The first-order valence-corrected chi connectivity index (χ1v) is 9.63. The smallest absolute Gasteiger partial charge is 0.314 e. The Morgan fingerprint density at radius 1 is 1.17 bits per heavy atom. The largest absolute Gasteiger partial charge is 0.426 e. The van der Waals surface area contributed by atoms with Crippen LogP contribution >= 0.6 is 0 Å². The van der Waals surface area contributed by atoms with Crippen molar-refractivity contribution in [1.29, 1.82) is 0 Å². The van der Waals surface area contributed by atoms with Gasteiger partial charge in [0.05, 0.1) is 11.7 Å². The lowest BCUT2D eigenvalue weighted by molar-refractivity contribution is -0.140. The summed E-state index contributed by atoms with van der Waals surface area (Å²) in [5.74, 6) is 0.246. The second kappa shape index (κ2) is 7.01. The third-order valence-electron chi connectivity index (χ3n) is 4.62. The molecular weight excluding hydrogens is 314 g/mol. The van der Waals surface area contributed by atoms with Crippen LogP contribution in [0.4, 0.5) is 0 Å². The van der Waals surface area contributed by atoms with Crippen LogP contribution in [0.25, 0.3) is 0 Å². The first-order valence-electron chi connectivity index (χ1n) is 8.02. The number of hydrogen-bond donors (Lipinski definition) is 0. The van der Waals surface area contributed by atoms with Gasteiger partial charge in [-0.3, -0.25) is 4.79 Å². The first-order chi connectivity index (χ1) is 10.8. The lowest BCUT2D eigenvalue weighted by Gasteiger charge is -2.30. The molecule has 128 valence electrons. The molecule has 6 heteroatoms. The summed E-state index contributed by atoms with van der Waals surface area (Å²) in [5.41, 5.74) is 3.00. The van der Waals surface area contributed by atoms with E-state index in [1.54, 1.807) is 6.92 Å². The molecule has 2 rings (SSSR count). The van der Waals surface area contributed by atoms with Crippen molar-refractivity contribution in [2.45, 2.75) is 40.5 Å². The normalized spacial score (nSPS) is 17.2. The Balaban J connectivity index is 2.03. The topological polar surface area (TPSA) is 63.7 Å². The molecule has 0 atom stereocenters. The summed E-state index contributed by atoms with van der Waals surface area (Å²) in [7, 11) is -3.17. The number of aryl methyl sites for hydroxylation is 2. The molecule has 1 saturated heterocycles. The average molecular weight is 339 g/mol. The van der Waals surface area contributed by atoms with E-state index in [1.807, 2.05) is 32.9 Å². The summed E-state index contributed by atoms with van der Waals surface area (Å²) in [6.07, 6.45) is 1.03. The van der Waals surface area contributed by atoms with Crippen molar-refractivity contribution in [3.63, 3.8) is 0 Å². The maximum Gasteiger partial charge on any atom is 0.314 e. The van der Waals surface area contributed by atoms with Crippen LogP contribution in [0.2, 0.25) is 0 Å². The summed E-state index contributed by atoms with van der Waals surface area (Å²) in [4.78, 5) is 12.4. The standard InChI is InChI=1S/C17H25NO4S/c1-5-23(20,21)18-10-8-15(9-11-18)17(19)22-16-13(3)7-6-12(2)14(16)4/h6-7,15H,5,8-11H2,1-4H3. The molecule has 0 bridgehead atoms. The molecule has 0 radical (unpaired) electrons. The Morgan fingerprint density at radius 3 is 2.30 bits per heavy atom. The van der Waals surface area contributed by atoms with Gasteiger partial charge in [0.15, 0.2) is 0 Å². The van der Waals surface area contributed by atoms with Crippen LogP contribution in [-0.4, -0.2) is 37.5 Å². The van der Waals surface area contributed by atoms with E-state index in [9.17, 15) is 13.2 Å². The van der Waals surface area contributed by atoms with Crippen molar-refractivity contribution in [2.24, 2.45) is 5.92 Å². The van der Waals surface area contributed by atoms with E-state index < -0.39 is 10.0 Å². The predicted molar refractivity (Wildman–Crippen MR) is 90.0 cm³/mol. The van der Waals surface area contributed by atoms with E-state index in [2.05, 4.69) is 0 Å². The third kappa shape index (κ3) is 3.93. The number of hydrogen-bond acceptors (Lipinski definition) is 4. The van der Waals surface area contributed by atoms with Crippen molar-refractivity contribution in [3.8, 4) is 5.75 Å². The number of nitrogens with zero attached hydrogens (tertiary/aromatic N) is 1.